The summed E-state index contributed by atoms with van der Waals surface area (Å²) < 4.78 is 10.6. The van der Waals surface area contributed by atoms with Crippen LogP contribution in [0.3, 0.4) is 0 Å². The van der Waals surface area contributed by atoms with Crippen LogP contribution in [0.1, 0.15) is 13.3 Å². The molecule has 0 aromatic heterocycles. The fraction of sp³-hybridized carbons (Fsp3) is 0.417. The average Bonchev–Trinajstić information content (AvgIpc) is 2.83. The van der Waals surface area contributed by atoms with E-state index in [2.05, 4.69) is 32.6 Å². The number of carbonyl (C=O) groups is 2. The van der Waals surface area contributed by atoms with Gasteiger partial charge in [-0.2, -0.15) is 0 Å². The van der Waals surface area contributed by atoms with Crippen molar-refractivity contribution in [2.75, 3.05) is 63.2 Å². The summed E-state index contributed by atoms with van der Waals surface area (Å²) in [5.41, 5.74) is 1.76. The lowest BCUT2D eigenvalue weighted by Gasteiger charge is -2.36. The molecule has 2 aromatic rings. The van der Waals surface area contributed by atoms with Gasteiger partial charge in [0.1, 0.15) is 11.5 Å². The van der Waals surface area contributed by atoms with Crippen LogP contribution in [0.2, 0.25) is 0 Å². The number of rotatable bonds is 9. The number of nitrogens with zero attached hydrogens (tertiary/aromatic N) is 2. The van der Waals surface area contributed by atoms with Gasteiger partial charge in [-0.05, 0) is 68.4 Å². The Balaban J connectivity index is 1.31. The van der Waals surface area contributed by atoms with Crippen molar-refractivity contribution < 1.29 is 19.1 Å². The van der Waals surface area contributed by atoms with E-state index in [0.29, 0.717) is 18.8 Å². The van der Waals surface area contributed by atoms with Gasteiger partial charge in [-0.3, -0.25) is 14.5 Å². The summed E-state index contributed by atoms with van der Waals surface area (Å²) in [7, 11) is 1.67. The molecule has 0 radical (unpaired) electrons. The van der Waals surface area contributed by atoms with Crippen molar-refractivity contribution in [2.45, 2.75) is 13.3 Å². The Morgan fingerprint density at radius 1 is 0.906 bits per heavy atom. The highest BCUT2D eigenvalue weighted by molar-refractivity contribution is 6.39. The maximum Gasteiger partial charge on any atom is 0.313 e. The molecule has 0 atom stereocenters. The van der Waals surface area contributed by atoms with Crippen molar-refractivity contribution in [3.8, 4) is 11.5 Å². The van der Waals surface area contributed by atoms with Crippen LogP contribution in [0.15, 0.2) is 48.5 Å². The Kier molecular flexibility index (Phi) is 8.74. The van der Waals surface area contributed by atoms with Gasteiger partial charge in [0.15, 0.2) is 0 Å². The predicted molar refractivity (Wildman–Crippen MR) is 126 cm³/mol. The number of piperazine rings is 1. The monoisotopic (exact) mass is 440 g/mol. The SMILES string of the molecule is CCOc1ccc(NC(=O)C(=O)NCCCN2CCN(c3ccc(OC)cc3)CC2)cc1. The fourth-order valence-corrected chi connectivity index (χ4v) is 3.60. The number of benzene rings is 2. The van der Waals surface area contributed by atoms with E-state index < -0.39 is 11.8 Å². The molecule has 0 aliphatic carbocycles. The summed E-state index contributed by atoms with van der Waals surface area (Å²) >= 11 is 0. The second kappa shape index (κ2) is 12.0. The van der Waals surface area contributed by atoms with Crippen LogP contribution in [-0.2, 0) is 9.59 Å². The third kappa shape index (κ3) is 6.88. The molecule has 2 N–H and O–H groups in total. The summed E-state index contributed by atoms with van der Waals surface area (Å²) in [4.78, 5) is 28.8. The van der Waals surface area contributed by atoms with Crippen LogP contribution >= 0.6 is 0 Å². The number of hydrogen-bond acceptors (Lipinski definition) is 6. The molecule has 2 aromatic carbocycles. The maximum atomic E-state index is 12.1. The molecule has 2 amide bonds. The van der Waals surface area contributed by atoms with Crippen molar-refractivity contribution in [1.29, 1.82) is 0 Å². The molecule has 0 bridgehead atoms. The number of nitrogens with one attached hydrogen (secondary N) is 2. The molecule has 8 nitrogen and oxygen atoms in total. The van der Waals surface area contributed by atoms with E-state index in [9.17, 15) is 9.59 Å². The molecular weight excluding hydrogens is 408 g/mol. The highest BCUT2D eigenvalue weighted by Gasteiger charge is 2.17. The Labute approximate surface area is 189 Å². The number of anilines is 2. The van der Waals surface area contributed by atoms with Gasteiger partial charge in [0.2, 0.25) is 0 Å². The van der Waals surface area contributed by atoms with Crippen LogP contribution in [-0.4, -0.2) is 69.7 Å². The van der Waals surface area contributed by atoms with E-state index in [1.807, 2.05) is 19.1 Å². The van der Waals surface area contributed by atoms with Crippen molar-refractivity contribution in [2.24, 2.45) is 0 Å². The quantitative estimate of drug-likeness (QED) is 0.460. The zero-order valence-electron chi connectivity index (χ0n) is 18.8. The standard InChI is InChI=1S/C24H32N4O4/c1-3-32-22-9-5-19(6-10-22)26-24(30)23(29)25-13-4-14-27-15-17-28(18-16-27)20-7-11-21(31-2)12-8-20/h5-12H,3-4,13-18H2,1-2H3,(H,25,29)(H,26,30). The summed E-state index contributed by atoms with van der Waals surface area (Å²) in [6.07, 6.45) is 0.796. The minimum Gasteiger partial charge on any atom is -0.497 e. The first kappa shape index (κ1) is 23.4. The first-order valence-corrected chi connectivity index (χ1v) is 11.0. The summed E-state index contributed by atoms with van der Waals surface area (Å²) in [6, 6.07) is 15.1. The van der Waals surface area contributed by atoms with Gasteiger partial charge < -0.3 is 25.0 Å². The maximum absolute atomic E-state index is 12.1. The highest BCUT2D eigenvalue weighted by Crippen LogP contribution is 2.20. The van der Waals surface area contributed by atoms with Crippen molar-refractivity contribution in [3.63, 3.8) is 0 Å². The average molecular weight is 441 g/mol. The van der Waals surface area contributed by atoms with Crippen LogP contribution in [0.4, 0.5) is 11.4 Å². The summed E-state index contributed by atoms with van der Waals surface area (Å²) in [6.45, 7) is 7.70. The molecule has 1 fully saturated rings. The molecule has 1 aliphatic heterocycles. The largest absolute Gasteiger partial charge is 0.497 e. The molecule has 8 heteroatoms. The predicted octanol–water partition coefficient (Wildman–Crippen LogP) is 2.36. The molecule has 1 heterocycles. The van der Waals surface area contributed by atoms with Crippen molar-refractivity contribution in [3.05, 3.63) is 48.5 Å². The lowest BCUT2D eigenvalue weighted by Crippen LogP contribution is -2.47. The van der Waals surface area contributed by atoms with Gasteiger partial charge in [-0.25, -0.2) is 0 Å². The molecule has 32 heavy (non-hydrogen) atoms. The smallest absolute Gasteiger partial charge is 0.313 e. The van der Waals surface area contributed by atoms with Crippen molar-refractivity contribution in [1.82, 2.24) is 10.2 Å². The van der Waals surface area contributed by atoms with Crippen molar-refractivity contribution >= 4 is 23.2 Å². The normalized spacial score (nSPS) is 14.0. The molecule has 0 spiro atoms. The van der Waals surface area contributed by atoms with E-state index >= 15 is 0 Å². The summed E-state index contributed by atoms with van der Waals surface area (Å²) in [5, 5.41) is 5.29. The molecule has 0 saturated carbocycles. The topological polar surface area (TPSA) is 83.1 Å². The van der Waals surface area contributed by atoms with Crippen LogP contribution in [0, 0.1) is 0 Å². The van der Waals surface area contributed by atoms with Gasteiger partial charge in [0, 0.05) is 44.1 Å². The number of hydrogen-bond donors (Lipinski definition) is 2. The lowest BCUT2D eigenvalue weighted by molar-refractivity contribution is -0.136. The van der Waals surface area contributed by atoms with E-state index in [-0.39, 0.29) is 0 Å². The Morgan fingerprint density at radius 3 is 2.19 bits per heavy atom. The van der Waals surface area contributed by atoms with E-state index in [1.165, 1.54) is 5.69 Å². The molecule has 1 aliphatic rings. The Bertz CT molecular complexity index is 863. The highest BCUT2D eigenvalue weighted by atomic mass is 16.5. The second-order valence-corrected chi connectivity index (χ2v) is 7.55. The zero-order valence-corrected chi connectivity index (χ0v) is 18.8. The number of amides is 2. The molecule has 172 valence electrons. The number of methoxy groups -OCH3 is 1. The minimum atomic E-state index is -0.665. The summed E-state index contributed by atoms with van der Waals surface area (Å²) in [5.74, 6) is 0.299. The lowest BCUT2D eigenvalue weighted by atomic mass is 10.2. The van der Waals surface area contributed by atoms with Crippen LogP contribution in [0.5, 0.6) is 11.5 Å². The zero-order chi connectivity index (χ0) is 22.8. The molecule has 3 rings (SSSR count). The van der Waals surface area contributed by atoms with Gasteiger partial charge >= 0.3 is 11.8 Å². The van der Waals surface area contributed by atoms with Gasteiger partial charge in [-0.15, -0.1) is 0 Å². The van der Waals surface area contributed by atoms with E-state index in [0.717, 1.165) is 50.6 Å². The first-order chi connectivity index (χ1) is 15.6. The molecule has 0 unspecified atom stereocenters. The number of ether oxygens (including phenoxy) is 2. The van der Waals surface area contributed by atoms with E-state index in [4.69, 9.17) is 9.47 Å². The minimum absolute atomic E-state index is 0.466. The van der Waals surface area contributed by atoms with Gasteiger partial charge in [-0.1, -0.05) is 0 Å². The first-order valence-electron chi connectivity index (χ1n) is 11.0. The Morgan fingerprint density at radius 2 is 1.56 bits per heavy atom. The molecule has 1 saturated heterocycles. The molecular formula is C24H32N4O4. The van der Waals surface area contributed by atoms with Gasteiger partial charge in [0.25, 0.3) is 0 Å². The van der Waals surface area contributed by atoms with Crippen LogP contribution < -0.4 is 25.0 Å². The third-order valence-electron chi connectivity index (χ3n) is 5.38. The Hall–Kier alpha value is -3.26. The fourth-order valence-electron chi connectivity index (χ4n) is 3.60. The number of carbonyl (C=O) groups excluding carboxylic acids is 2. The third-order valence-corrected chi connectivity index (χ3v) is 5.38. The second-order valence-electron chi connectivity index (χ2n) is 7.55. The van der Waals surface area contributed by atoms with E-state index in [1.54, 1.807) is 31.4 Å². The van der Waals surface area contributed by atoms with Crippen LogP contribution in [0.25, 0.3) is 0 Å². The van der Waals surface area contributed by atoms with Gasteiger partial charge in [0.05, 0.1) is 13.7 Å².